The maximum atomic E-state index is 13.6. The van der Waals surface area contributed by atoms with Crippen LogP contribution in [0.4, 0.5) is 10.1 Å². The van der Waals surface area contributed by atoms with Crippen LogP contribution in [0.1, 0.15) is 11.1 Å². The lowest BCUT2D eigenvalue weighted by Crippen LogP contribution is -2.29. The lowest BCUT2D eigenvalue weighted by molar-refractivity contribution is -0.119. The van der Waals surface area contributed by atoms with Crippen molar-refractivity contribution < 1.29 is 13.9 Å². The van der Waals surface area contributed by atoms with Gasteiger partial charge in [-0.3, -0.25) is 4.79 Å². The summed E-state index contributed by atoms with van der Waals surface area (Å²) in [7, 11) is 1.59. The van der Waals surface area contributed by atoms with Crippen molar-refractivity contribution in [3.63, 3.8) is 0 Å². The van der Waals surface area contributed by atoms with E-state index in [9.17, 15) is 9.18 Å². The summed E-state index contributed by atoms with van der Waals surface area (Å²) < 4.78 is 18.8. The summed E-state index contributed by atoms with van der Waals surface area (Å²) in [6, 6.07) is 12.3. The number of nitrogens with one attached hydrogen (secondary N) is 2. The van der Waals surface area contributed by atoms with Gasteiger partial charge in [0.25, 0.3) is 0 Å². The summed E-state index contributed by atoms with van der Waals surface area (Å²) in [5, 5.41) is 5.56. The Kier molecular flexibility index (Phi) is 5.36. The highest BCUT2D eigenvalue weighted by atomic mass is 19.1. The smallest absolute Gasteiger partial charge is 0.239 e. The van der Waals surface area contributed by atoms with E-state index >= 15 is 0 Å². The van der Waals surface area contributed by atoms with Gasteiger partial charge in [-0.1, -0.05) is 18.2 Å². The van der Waals surface area contributed by atoms with Crippen LogP contribution in [-0.2, 0) is 11.3 Å². The Hall–Kier alpha value is -2.56. The van der Waals surface area contributed by atoms with Gasteiger partial charge in [0.05, 0.1) is 19.3 Å². The minimum Gasteiger partial charge on any atom is -0.497 e. The van der Waals surface area contributed by atoms with Gasteiger partial charge in [0.15, 0.2) is 0 Å². The highest BCUT2D eigenvalue weighted by Gasteiger charge is 2.05. The highest BCUT2D eigenvalue weighted by Crippen LogP contribution is 2.15. The minimum atomic E-state index is -0.361. The molecule has 0 atom stereocenters. The van der Waals surface area contributed by atoms with Crippen molar-refractivity contribution in [1.82, 2.24) is 5.32 Å². The Balaban J connectivity index is 1.82. The Morgan fingerprint density at radius 1 is 1.23 bits per heavy atom. The molecule has 0 aliphatic rings. The molecule has 2 aromatic rings. The second-order valence-corrected chi connectivity index (χ2v) is 4.97. The van der Waals surface area contributed by atoms with Crippen LogP contribution in [0.15, 0.2) is 42.5 Å². The summed E-state index contributed by atoms with van der Waals surface area (Å²) in [5.41, 5.74) is 2.10. The molecule has 116 valence electrons. The SMILES string of the molecule is COc1cccc(CNC(=O)CNc2ccc(C)cc2F)c1. The predicted octanol–water partition coefficient (Wildman–Crippen LogP) is 2.87. The number of aryl methyl sites for hydroxylation is 1. The van der Waals surface area contributed by atoms with E-state index in [1.54, 1.807) is 19.2 Å². The van der Waals surface area contributed by atoms with Crippen molar-refractivity contribution in [1.29, 1.82) is 0 Å². The summed E-state index contributed by atoms with van der Waals surface area (Å²) in [4.78, 5) is 11.8. The summed E-state index contributed by atoms with van der Waals surface area (Å²) >= 11 is 0. The van der Waals surface area contributed by atoms with Crippen LogP contribution in [0.2, 0.25) is 0 Å². The number of hydrogen-bond donors (Lipinski definition) is 2. The first-order chi connectivity index (χ1) is 10.6. The summed E-state index contributed by atoms with van der Waals surface area (Å²) in [5.74, 6) is 0.176. The lowest BCUT2D eigenvalue weighted by atomic mass is 10.2. The Labute approximate surface area is 129 Å². The first-order valence-corrected chi connectivity index (χ1v) is 6.98. The van der Waals surface area contributed by atoms with E-state index in [1.165, 1.54) is 6.07 Å². The van der Waals surface area contributed by atoms with Crippen LogP contribution in [0, 0.1) is 12.7 Å². The van der Waals surface area contributed by atoms with Crippen molar-refractivity contribution in [2.24, 2.45) is 0 Å². The molecule has 5 heteroatoms. The molecule has 1 amide bonds. The van der Waals surface area contributed by atoms with Gasteiger partial charge in [-0.05, 0) is 42.3 Å². The lowest BCUT2D eigenvalue weighted by Gasteiger charge is -2.09. The van der Waals surface area contributed by atoms with Crippen LogP contribution in [0.5, 0.6) is 5.75 Å². The predicted molar refractivity (Wildman–Crippen MR) is 84.5 cm³/mol. The van der Waals surface area contributed by atoms with Crippen molar-refractivity contribution in [2.45, 2.75) is 13.5 Å². The fraction of sp³-hybridized carbons (Fsp3) is 0.235. The average molecular weight is 302 g/mol. The number of amides is 1. The van der Waals surface area contributed by atoms with Crippen molar-refractivity contribution in [3.8, 4) is 5.75 Å². The third-order valence-electron chi connectivity index (χ3n) is 3.19. The maximum Gasteiger partial charge on any atom is 0.239 e. The second-order valence-electron chi connectivity index (χ2n) is 4.97. The number of rotatable bonds is 6. The van der Waals surface area contributed by atoms with Crippen LogP contribution in [0.25, 0.3) is 0 Å². The molecule has 0 radical (unpaired) electrons. The second kappa shape index (κ2) is 7.45. The molecule has 22 heavy (non-hydrogen) atoms. The zero-order valence-corrected chi connectivity index (χ0v) is 12.7. The standard InChI is InChI=1S/C17H19FN2O2/c1-12-6-7-16(15(18)8-12)19-11-17(21)20-10-13-4-3-5-14(9-13)22-2/h3-9,19H,10-11H2,1-2H3,(H,20,21). The quantitative estimate of drug-likeness (QED) is 0.862. The topological polar surface area (TPSA) is 50.4 Å². The molecule has 0 saturated heterocycles. The Morgan fingerprint density at radius 3 is 2.77 bits per heavy atom. The fourth-order valence-corrected chi connectivity index (χ4v) is 1.98. The third-order valence-corrected chi connectivity index (χ3v) is 3.19. The van der Waals surface area contributed by atoms with Crippen molar-refractivity contribution in [3.05, 3.63) is 59.4 Å². The van der Waals surface area contributed by atoms with Gasteiger partial charge >= 0.3 is 0 Å². The maximum absolute atomic E-state index is 13.6. The van der Waals surface area contributed by atoms with E-state index < -0.39 is 0 Å². The average Bonchev–Trinajstić information content (AvgIpc) is 2.52. The van der Waals surface area contributed by atoms with E-state index in [0.717, 1.165) is 16.9 Å². The number of carbonyl (C=O) groups is 1. The van der Waals surface area contributed by atoms with E-state index in [-0.39, 0.29) is 18.3 Å². The molecular weight excluding hydrogens is 283 g/mol. The molecule has 0 fully saturated rings. The van der Waals surface area contributed by atoms with Gasteiger partial charge < -0.3 is 15.4 Å². The number of anilines is 1. The monoisotopic (exact) mass is 302 g/mol. The molecule has 0 saturated carbocycles. The van der Waals surface area contributed by atoms with Crippen LogP contribution >= 0.6 is 0 Å². The minimum absolute atomic E-state index is 0.0178. The number of hydrogen-bond acceptors (Lipinski definition) is 3. The molecule has 0 aliphatic heterocycles. The van der Waals surface area contributed by atoms with Crippen LogP contribution in [-0.4, -0.2) is 19.6 Å². The first kappa shape index (κ1) is 15.8. The Bertz CT molecular complexity index is 659. The molecule has 2 N–H and O–H groups in total. The molecule has 0 aromatic heterocycles. The summed E-state index contributed by atoms with van der Waals surface area (Å²) in [6.07, 6.45) is 0. The van der Waals surface area contributed by atoms with Gasteiger partial charge in [0.2, 0.25) is 5.91 Å². The number of carbonyl (C=O) groups excluding carboxylic acids is 1. The number of ether oxygens (including phenoxy) is 1. The molecule has 2 aromatic carbocycles. The van der Waals surface area contributed by atoms with Gasteiger partial charge in [-0.15, -0.1) is 0 Å². The molecular formula is C17H19FN2O2. The normalized spacial score (nSPS) is 10.1. The fourth-order valence-electron chi connectivity index (χ4n) is 1.98. The van der Waals surface area contributed by atoms with Gasteiger partial charge in [-0.25, -0.2) is 4.39 Å². The van der Waals surface area contributed by atoms with Crippen LogP contribution < -0.4 is 15.4 Å². The van der Waals surface area contributed by atoms with Crippen molar-refractivity contribution >= 4 is 11.6 Å². The van der Waals surface area contributed by atoms with E-state index in [1.807, 2.05) is 31.2 Å². The molecule has 0 aliphatic carbocycles. The molecule has 0 spiro atoms. The van der Waals surface area contributed by atoms with E-state index in [0.29, 0.717) is 12.2 Å². The molecule has 2 rings (SSSR count). The molecule has 0 bridgehead atoms. The highest BCUT2D eigenvalue weighted by molar-refractivity contribution is 5.80. The van der Waals surface area contributed by atoms with Gasteiger partial charge in [-0.2, -0.15) is 0 Å². The number of benzene rings is 2. The Morgan fingerprint density at radius 2 is 2.05 bits per heavy atom. The first-order valence-electron chi connectivity index (χ1n) is 6.98. The van der Waals surface area contributed by atoms with Crippen molar-refractivity contribution in [2.75, 3.05) is 19.0 Å². The van der Waals surface area contributed by atoms with Gasteiger partial charge in [0.1, 0.15) is 11.6 Å². The van der Waals surface area contributed by atoms with Gasteiger partial charge in [0, 0.05) is 6.54 Å². The number of halogens is 1. The zero-order valence-electron chi connectivity index (χ0n) is 12.7. The molecule has 4 nitrogen and oxygen atoms in total. The molecule has 0 unspecified atom stereocenters. The number of methoxy groups -OCH3 is 1. The van der Waals surface area contributed by atoms with E-state index in [4.69, 9.17) is 4.74 Å². The van der Waals surface area contributed by atoms with E-state index in [2.05, 4.69) is 10.6 Å². The zero-order chi connectivity index (χ0) is 15.9. The van der Waals surface area contributed by atoms with Crippen LogP contribution in [0.3, 0.4) is 0 Å². The largest absolute Gasteiger partial charge is 0.497 e. The summed E-state index contributed by atoms with van der Waals surface area (Å²) in [6.45, 7) is 2.23. The third kappa shape index (κ3) is 4.48. The molecule has 0 heterocycles.